The van der Waals surface area contributed by atoms with Crippen molar-refractivity contribution in [1.29, 1.82) is 0 Å². The maximum absolute atomic E-state index is 13.0. The number of amides is 1. The van der Waals surface area contributed by atoms with Crippen LogP contribution in [0.25, 0.3) is 0 Å². The fourth-order valence-electron chi connectivity index (χ4n) is 2.87. The number of thiophene rings is 1. The van der Waals surface area contributed by atoms with Crippen LogP contribution >= 0.6 is 34.3 Å². The Kier molecular flexibility index (Phi) is 5.98. The van der Waals surface area contributed by atoms with Crippen LogP contribution < -0.4 is 5.32 Å². The molecule has 1 aliphatic rings. The zero-order valence-electron chi connectivity index (χ0n) is 15.4. The molecule has 1 aliphatic heterocycles. The van der Waals surface area contributed by atoms with E-state index in [-0.39, 0.29) is 15.5 Å². The monoisotopic (exact) mass is 447 g/mol. The van der Waals surface area contributed by atoms with Crippen LogP contribution in [0.1, 0.15) is 45.7 Å². The molecule has 0 aromatic carbocycles. The van der Waals surface area contributed by atoms with Crippen LogP contribution in [-0.2, 0) is 20.2 Å². The minimum atomic E-state index is -3.76. The third kappa shape index (κ3) is 4.54. The number of anilines is 1. The second-order valence-electron chi connectivity index (χ2n) is 7.46. The molecule has 1 fully saturated rings. The molecule has 0 radical (unpaired) electrons. The van der Waals surface area contributed by atoms with Crippen molar-refractivity contribution >= 4 is 55.3 Å². The number of nitrogens with zero attached hydrogens (tertiary/aromatic N) is 2. The highest BCUT2D eigenvalue weighted by atomic mass is 35.5. The van der Waals surface area contributed by atoms with Gasteiger partial charge in [0.2, 0.25) is 5.91 Å². The van der Waals surface area contributed by atoms with Gasteiger partial charge in [0.15, 0.2) is 5.13 Å². The first-order valence-electron chi connectivity index (χ1n) is 8.63. The lowest BCUT2D eigenvalue weighted by atomic mass is 9.93. The van der Waals surface area contributed by atoms with Crippen LogP contribution in [0.4, 0.5) is 5.13 Å². The zero-order chi connectivity index (χ0) is 19.8. The maximum atomic E-state index is 13.0. The average molecular weight is 448 g/mol. The fourth-order valence-corrected chi connectivity index (χ4v) is 7.08. The van der Waals surface area contributed by atoms with E-state index < -0.39 is 16.1 Å². The van der Waals surface area contributed by atoms with Crippen LogP contribution in [0.2, 0.25) is 4.34 Å². The number of nitrogens with one attached hydrogen (secondary N) is 1. The number of halogens is 1. The van der Waals surface area contributed by atoms with Gasteiger partial charge in [-0.2, -0.15) is 4.31 Å². The van der Waals surface area contributed by atoms with Gasteiger partial charge in [0.25, 0.3) is 10.0 Å². The van der Waals surface area contributed by atoms with E-state index in [2.05, 4.69) is 31.1 Å². The van der Waals surface area contributed by atoms with Crippen molar-refractivity contribution in [2.75, 3.05) is 11.9 Å². The van der Waals surface area contributed by atoms with Crippen LogP contribution in [-0.4, -0.2) is 36.2 Å². The summed E-state index contributed by atoms with van der Waals surface area (Å²) in [4.78, 5) is 17.3. The van der Waals surface area contributed by atoms with E-state index in [0.717, 1.165) is 29.9 Å². The van der Waals surface area contributed by atoms with Gasteiger partial charge in [-0.3, -0.25) is 4.79 Å². The molecule has 0 bridgehead atoms. The largest absolute Gasteiger partial charge is 0.301 e. The summed E-state index contributed by atoms with van der Waals surface area (Å²) in [6.45, 7) is 6.47. The van der Waals surface area contributed by atoms with Crippen molar-refractivity contribution in [3.63, 3.8) is 0 Å². The number of carbonyl (C=O) groups is 1. The van der Waals surface area contributed by atoms with Crippen molar-refractivity contribution in [1.82, 2.24) is 9.29 Å². The Balaban J connectivity index is 1.81. The number of hydrogen-bond donors (Lipinski definition) is 1. The van der Waals surface area contributed by atoms with E-state index in [1.54, 1.807) is 6.07 Å². The molecule has 2 aromatic heterocycles. The highest BCUT2D eigenvalue weighted by molar-refractivity contribution is 7.91. The van der Waals surface area contributed by atoms with Gasteiger partial charge in [0, 0.05) is 17.3 Å². The summed E-state index contributed by atoms with van der Waals surface area (Å²) in [6, 6.07) is 2.30. The van der Waals surface area contributed by atoms with Crippen molar-refractivity contribution in [2.45, 2.75) is 55.7 Å². The molecule has 0 saturated carbocycles. The van der Waals surface area contributed by atoms with Gasteiger partial charge in [-0.05, 0) is 25.0 Å². The lowest BCUT2D eigenvalue weighted by Gasteiger charge is -2.32. The molecule has 2 aromatic rings. The van der Waals surface area contributed by atoms with E-state index in [1.807, 2.05) is 5.38 Å². The Hall–Kier alpha value is -1.00. The Bertz CT molecular complexity index is 931. The first-order valence-corrected chi connectivity index (χ1v) is 12.1. The predicted molar refractivity (Wildman–Crippen MR) is 110 cm³/mol. The van der Waals surface area contributed by atoms with E-state index in [0.29, 0.717) is 22.4 Å². The van der Waals surface area contributed by atoms with E-state index >= 15 is 0 Å². The summed E-state index contributed by atoms with van der Waals surface area (Å²) in [5.74, 6) is -0.337. The number of hydrogen-bond acceptors (Lipinski definition) is 6. The summed E-state index contributed by atoms with van der Waals surface area (Å²) < 4.78 is 27.8. The van der Waals surface area contributed by atoms with Crippen LogP contribution in [0.15, 0.2) is 21.7 Å². The summed E-state index contributed by atoms with van der Waals surface area (Å²) >= 11 is 8.26. The summed E-state index contributed by atoms with van der Waals surface area (Å²) in [7, 11) is -3.76. The smallest absolute Gasteiger partial charge is 0.253 e. The topological polar surface area (TPSA) is 79.4 Å². The predicted octanol–water partition coefficient (Wildman–Crippen LogP) is 4.34. The van der Waals surface area contributed by atoms with Gasteiger partial charge >= 0.3 is 0 Å². The lowest BCUT2D eigenvalue weighted by Crippen LogP contribution is -2.49. The molecule has 6 nitrogen and oxygen atoms in total. The minimum absolute atomic E-state index is 0.113. The first kappa shape index (κ1) is 20.7. The molecule has 27 heavy (non-hydrogen) atoms. The Morgan fingerprint density at radius 2 is 2.07 bits per heavy atom. The first-order chi connectivity index (χ1) is 12.6. The molecule has 0 aliphatic carbocycles. The number of piperidine rings is 1. The summed E-state index contributed by atoms with van der Waals surface area (Å²) in [5.41, 5.74) is 0.780. The van der Waals surface area contributed by atoms with Crippen molar-refractivity contribution in [2.24, 2.45) is 0 Å². The van der Waals surface area contributed by atoms with E-state index in [1.165, 1.54) is 21.7 Å². The number of rotatable bonds is 4. The molecule has 0 spiro atoms. The van der Waals surface area contributed by atoms with E-state index in [9.17, 15) is 13.2 Å². The molecule has 1 atom stereocenters. The second kappa shape index (κ2) is 7.79. The van der Waals surface area contributed by atoms with Crippen molar-refractivity contribution in [3.05, 3.63) is 27.5 Å². The highest BCUT2D eigenvalue weighted by Gasteiger charge is 2.38. The number of sulfonamides is 1. The standard InChI is InChI=1S/C17H22ClN3O3S3/c1-17(2,3)12-10-25-16(19-12)20-15(22)11-6-4-5-9-21(11)27(23,24)14-8-7-13(18)26-14/h7-8,10-11H,4-6,9H2,1-3H3,(H,19,20,22). The van der Waals surface area contributed by atoms with Gasteiger partial charge in [-0.1, -0.05) is 38.8 Å². The lowest BCUT2D eigenvalue weighted by molar-refractivity contribution is -0.120. The summed E-state index contributed by atoms with van der Waals surface area (Å²) in [5, 5.41) is 5.21. The molecule has 1 unspecified atom stereocenters. The molecule has 1 N–H and O–H groups in total. The molecule has 10 heteroatoms. The Morgan fingerprint density at radius 1 is 1.33 bits per heavy atom. The fraction of sp³-hybridized carbons (Fsp3) is 0.529. The molecule has 148 valence electrons. The van der Waals surface area contributed by atoms with Crippen LogP contribution in [0.3, 0.4) is 0 Å². The third-order valence-corrected chi connectivity index (χ3v) is 8.74. The number of aromatic nitrogens is 1. The van der Waals surface area contributed by atoms with Crippen LogP contribution in [0.5, 0.6) is 0 Å². The van der Waals surface area contributed by atoms with Gasteiger partial charge in [0.1, 0.15) is 10.3 Å². The zero-order valence-corrected chi connectivity index (χ0v) is 18.6. The molecule has 3 rings (SSSR count). The Morgan fingerprint density at radius 3 is 2.67 bits per heavy atom. The number of thiazole rings is 1. The van der Waals surface area contributed by atoms with Crippen molar-refractivity contribution in [3.8, 4) is 0 Å². The maximum Gasteiger partial charge on any atom is 0.253 e. The second-order valence-corrected chi connectivity index (χ2v) is 12.2. The normalized spacial score (nSPS) is 19.2. The van der Waals surface area contributed by atoms with Gasteiger partial charge in [0.05, 0.1) is 10.0 Å². The molecular weight excluding hydrogens is 426 g/mol. The molecule has 1 amide bonds. The van der Waals surface area contributed by atoms with Crippen LogP contribution in [0, 0.1) is 0 Å². The minimum Gasteiger partial charge on any atom is -0.301 e. The van der Waals surface area contributed by atoms with E-state index in [4.69, 9.17) is 11.6 Å². The average Bonchev–Trinajstić information content (AvgIpc) is 3.24. The van der Waals surface area contributed by atoms with Gasteiger partial charge in [-0.25, -0.2) is 13.4 Å². The van der Waals surface area contributed by atoms with Crippen molar-refractivity contribution < 1.29 is 13.2 Å². The molecule has 3 heterocycles. The Labute approximate surface area is 172 Å². The summed E-state index contributed by atoms with van der Waals surface area (Å²) in [6.07, 6.45) is 2.02. The van der Waals surface area contributed by atoms with Gasteiger partial charge in [-0.15, -0.1) is 22.7 Å². The molecular formula is C17H22ClN3O3S3. The molecule has 1 saturated heterocycles. The third-order valence-electron chi connectivity index (χ3n) is 4.37. The number of carbonyl (C=O) groups excluding carboxylic acids is 1. The van der Waals surface area contributed by atoms with Gasteiger partial charge < -0.3 is 5.32 Å². The quantitative estimate of drug-likeness (QED) is 0.756. The SMILES string of the molecule is CC(C)(C)c1csc(NC(=O)C2CCCCN2S(=O)(=O)c2ccc(Cl)s2)n1. The highest BCUT2D eigenvalue weighted by Crippen LogP contribution is 2.32.